The molecule has 0 aliphatic carbocycles. The number of carbonyl (C=O) groups excluding carboxylic acids is 1. The van der Waals surface area contributed by atoms with Crippen molar-refractivity contribution in [2.75, 3.05) is 13.7 Å². The number of esters is 1. The maximum atomic E-state index is 12.0. The van der Waals surface area contributed by atoms with Crippen molar-refractivity contribution in [2.45, 2.75) is 31.8 Å². The first kappa shape index (κ1) is 19.8. The second-order valence-electron chi connectivity index (χ2n) is 6.50. The van der Waals surface area contributed by atoms with E-state index in [4.69, 9.17) is 28.6 Å². The van der Waals surface area contributed by atoms with Gasteiger partial charge in [-0.15, -0.1) is 11.7 Å². The number of rotatable bonds is 6. The van der Waals surface area contributed by atoms with E-state index in [9.17, 15) is 9.90 Å². The second-order valence-corrected chi connectivity index (χ2v) is 7.30. The summed E-state index contributed by atoms with van der Waals surface area (Å²) in [6.45, 7) is 5.10. The van der Waals surface area contributed by atoms with Gasteiger partial charge in [-0.25, -0.2) is 4.79 Å². The van der Waals surface area contributed by atoms with Gasteiger partial charge in [0.2, 0.25) is 4.77 Å². The summed E-state index contributed by atoms with van der Waals surface area (Å²) in [5.41, 5.74) is 0.882. The number of quaternary nitrogens is 1. The van der Waals surface area contributed by atoms with Crippen LogP contribution in [-0.4, -0.2) is 51.2 Å². The zero-order valence-electron chi connectivity index (χ0n) is 15.0. The van der Waals surface area contributed by atoms with E-state index in [1.54, 1.807) is 22.9 Å². The molecular weight excluding hydrogens is 388 g/mol. The van der Waals surface area contributed by atoms with Crippen molar-refractivity contribution >= 4 is 29.8 Å². The third kappa shape index (κ3) is 4.14. The molecule has 0 saturated carbocycles. The van der Waals surface area contributed by atoms with Crippen molar-refractivity contribution in [1.29, 1.82) is 0 Å². The molecule has 7 nitrogen and oxygen atoms in total. The fourth-order valence-electron chi connectivity index (χ4n) is 3.39. The molecule has 1 saturated heterocycles. The summed E-state index contributed by atoms with van der Waals surface area (Å²) in [4.78, 5) is 12.9. The first-order chi connectivity index (χ1) is 12.9. The van der Waals surface area contributed by atoms with E-state index in [2.05, 4.69) is 11.7 Å². The number of hydrogen-bond donors (Lipinski definition) is 2. The van der Waals surface area contributed by atoms with Crippen LogP contribution in [-0.2, 0) is 22.7 Å². The molecular formula is C18H22ClN4O3S+. The van der Waals surface area contributed by atoms with Crippen molar-refractivity contribution in [3.63, 3.8) is 0 Å². The predicted molar refractivity (Wildman–Crippen MR) is 104 cm³/mol. The summed E-state index contributed by atoms with van der Waals surface area (Å²) >= 11 is 11.6. The molecule has 1 aliphatic rings. The Bertz CT molecular complexity index is 893. The number of aliphatic hydroxyl groups is 1. The van der Waals surface area contributed by atoms with Gasteiger partial charge in [-0.3, -0.25) is 4.57 Å². The minimum Gasteiger partial charge on any atom is -0.465 e. The molecule has 3 atom stereocenters. The van der Waals surface area contributed by atoms with Gasteiger partial charge in [0.15, 0.2) is 18.5 Å². The minimum atomic E-state index is -0.552. The van der Waals surface area contributed by atoms with Gasteiger partial charge in [0.25, 0.3) is 0 Å². The lowest BCUT2D eigenvalue weighted by Crippen LogP contribution is -3.14. The molecule has 2 aromatic rings. The Morgan fingerprint density at radius 1 is 1.52 bits per heavy atom. The molecule has 0 spiro atoms. The van der Waals surface area contributed by atoms with Crippen LogP contribution in [0, 0.1) is 4.77 Å². The van der Waals surface area contributed by atoms with E-state index in [1.165, 1.54) is 7.11 Å². The molecule has 2 N–H and O–H groups in total. The predicted octanol–water partition coefficient (Wildman–Crippen LogP) is 1.07. The molecule has 1 aromatic heterocycles. The molecule has 0 radical (unpaired) electrons. The minimum absolute atomic E-state index is 0.337. The monoisotopic (exact) mass is 409 g/mol. The molecule has 27 heavy (non-hydrogen) atoms. The van der Waals surface area contributed by atoms with Crippen LogP contribution in [0.4, 0.5) is 0 Å². The zero-order chi connectivity index (χ0) is 19.6. The van der Waals surface area contributed by atoms with E-state index in [0.29, 0.717) is 41.8 Å². The lowest BCUT2D eigenvalue weighted by atomic mass is 10.2. The first-order valence-corrected chi connectivity index (χ1v) is 9.38. The average Bonchev–Trinajstić information content (AvgIpc) is 3.17. The molecule has 0 amide bonds. The normalized spacial score (nSPS) is 22.0. The zero-order valence-corrected chi connectivity index (χ0v) is 16.5. The summed E-state index contributed by atoms with van der Waals surface area (Å²) < 4.78 is 8.96. The quantitative estimate of drug-likeness (QED) is 0.424. The van der Waals surface area contributed by atoms with Crippen LogP contribution in [0.25, 0.3) is 11.4 Å². The Morgan fingerprint density at radius 2 is 2.22 bits per heavy atom. The van der Waals surface area contributed by atoms with Crippen LogP contribution in [0.3, 0.4) is 0 Å². The summed E-state index contributed by atoms with van der Waals surface area (Å²) in [5.74, 6) is 0.363. The van der Waals surface area contributed by atoms with E-state index >= 15 is 0 Å². The molecule has 1 unspecified atom stereocenters. The van der Waals surface area contributed by atoms with Gasteiger partial charge >= 0.3 is 5.97 Å². The maximum absolute atomic E-state index is 12.0. The van der Waals surface area contributed by atoms with Crippen LogP contribution < -0.4 is 4.90 Å². The lowest BCUT2D eigenvalue weighted by Gasteiger charge is -2.18. The highest BCUT2D eigenvalue weighted by molar-refractivity contribution is 7.71. The third-order valence-corrected chi connectivity index (χ3v) is 5.36. The molecule has 2 heterocycles. The molecule has 3 rings (SSSR count). The van der Waals surface area contributed by atoms with Gasteiger partial charge in [-0.2, -0.15) is 4.68 Å². The van der Waals surface area contributed by atoms with Gasteiger partial charge in [-0.05, 0) is 36.5 Å². The number of benzene rings is 1. The summed E-state index contributed by atoms with van der Waals surface area (Å²) in [7, 11) is 1.35. The van der Waals surface area contributed by atoms with E-state index in [0.717, 1.165) is 10.5 Å². The number of halogens is 1. The van der Waals surface area contributed by atoms with E-state index in [1.807, 2.05) is 16.7 Å². The number of hydrogen-bond acceptors (Lipinski definition) is 5. The maximum Gasteiger partial charge on any atom is 0.364 e. The number of nitrogens with one attached hydrogen (secondary N) is 1. The summed E-state index contributed by atoms with van der Waals surface area (Å²) in [6.07, 6.45) is 1.57. The first-order valence-electron chi connectivity index (χ1n) is 8.59. The average molecular weight is 410 g/mol. The standard InChI is InChI=1S/C18H21ClN4O3S/c1-3-8-22-16(12-4-6-13(19)7-5-12)20-23(18(22)27)11-21-10-14(24)9-15(21)17(25)26-2/h3-7,14-15,24H,1,8-11H2,2H3/p+1/t14-,15+/m1/s1. The Balaban J connectivity index is 1.95. The van der Waals surface area contributed by atoms with Crippen LogP contribution in [0.15, 0.2) is 36.9 Å². The molecule has 1 fully saturated rings. The highest BCUT2D eigenvalue weighted by Crippen LogP contribution is 2.21. The topological polar surface area (TPSA) is 73.7 Å². The van der Waals surface area contributed by atoms with Crippen molar-refractivity contribution in [1.82, 2.24) is 14.3 Å². The van der Waals surface area contributed by atoms with Crippen LogP contribution in [0.5, 0.6) is 0 Å². The molecule has 1 aliphatic heterocycles. The van der Waals surface area contributed by atoms with Gasteiger partial charge in [0.05, 0.1) is 7.11 Å². The van der Waals surface area contributed by atoms with E-state index < -0.39 is 12.1 Å². The molecule has 0 bridgehead atoms. The molecule has 144 valence electrons. The van der Waals surface area contributed by atoms with Crippen molar-refractivity contribution in [2.24, 2.45) is 0 Å². The smallest absolute Gasteiger partial charge is 0.364 e. The Kier molecular flexibility index (Phi) is 6.11. The number of carbonyl (C=O) groups is 1. The molecule has 1 aromatic carbocycles. The third-order valence-electron chi connectivity index (χ3n) is 4.67. The number of likely N-dealkylation sites (tertiary alicyclic amines) is 1. The molecule has 9 heteroatoms. The number of aromatic nitrogens is 3. The van der Waals surface area contributed by atoms with Crippen molar-refractivity contribution in [3.8, 4) is 11.4 Å². The van der Waals surface area contributed by atoms with Gasteiger partial charge in [-0.1, -0.05) is 17.7 Å². The van der Waals surface area contributed by atoms with Crippen molar-refractivity contribution in [3.05, 3.63) is 46.7 Å². The Morgan fingerprint density at radius 3 is 2.85 bits per heavy atom. The SMILES string of the molecule is C=CCn1c(-c2ccc(Cl)cc2)nn(C[NH+]2C[C@H](O)C[C@H]2C(=O)OC)c1=S. The summed E-state index contributed by atoms with van der Waals surface area (Å²) in [6, 6.07) is 6.93. The highest BCUT2D eigenvalue weighted by Gasteiger charge is 2.41. The summed E-state index contributed by atoms with van der Waals surface area (Å²) in [5, 5.41) is 15.3. The lowest BCUT2D eigenvalue weighted by molar-refractivity contribution is -0.928. The fourth-order valence-corrected chi connectivity index (χ4v) is 3.78. The Labute approximate surface area is 167 Å². The second kappa shape index (κ2) is 8.35. The van der Waals surface area contributed by atoms with Gasteiger partial charge in [0, 0.05) is 23.6 Å². The number of nitrogens with zero attached hydrogens (tertiary/aromatic N) is 3. The highest BCUT2D eigenvalue weighted by atomic mass is 35.5. The number of aliphatic hydroxyl groups excluding tert-OH is 1. The van der Waals surface area contributed by atoms with Crippen LogP contribution >= 0.6 is 23.8 Å². The number of methoxy groups -OCH3 is 1. The fraction of sp³-hybridized carbons (Fsp3) is 0.389. The van der Waals surface area contributed by atoms with Crippen LogP contribution in [0.1, 0.15) is 6.42 Å². The Hall–Kier alpha value is -2.00. The number of allylic oxidation sites excluding steroid dienone is 1. The van der Waals surface area contributed by atoms with Gasteiger partial charge in [0.1, 0.15) is 12.6 Å². The van der Waals surface area contributed by atoms with Gasteiger partial charge < -0.3 is 14.7 Å². The van der Waals surface area contributed by atoms with Crippen molar-refractivity contribution < 1.29 is 19.5 Å². The largest absolute Gasteiger partial charge is 0.465 e. The van der Waals surface area contributed by atoms with E-state index in [-0.39, 0.29) is 5.97 Å². The van der Waals surface area contributed by atoms with Crippen LogP contribution in [0.2, 0.25) is 5.02 Å². The number of ether oxygens (including phenoxy) is 1.